The second kappa shape index (κ2) is 9.23. The summed E-state index contributed by atoms with van der Waals surface area (Å²) in [6.45, 7) is 2.54. The zero-order chi connectivity index (χ0) is 25.6. The van der Waals surface area contributed by atoms with Gasteiger partial charge in [-0.1, -0.05) is 6.07 Å². The van der Waals surface area contributed by atoms with Crippen molar-refractivity contribution >= 4 is 11.8 Å². The van der Waals surface area contributed by atoms with E-state index in [9.17, 15) is 40.2 Å². The van der Waals surface area contributed by atoms with Crippen LogP contribution >= 0.6 is 0 Å². The van der Waals surface area contributed by atoms with Crippen LogP contribution in [-0.2, 0) is 19.0 Å². The molecule has 1 saturated heterocycles. The van der Waals surface area contributed by atoms with Crippen LogP contribution in [0.25, 0.3) is 0 Å². The number of esters is 1. The van der Waals surface area contributed by atoms with Gasteiger partial charge in [-0.05, 0) is 24.6 Å². The van der Waals surface area contributed by atoms with E-state index in [2.05, 4.69) is 0 Å². The Balaban J connectivity index is 1.73. The van der Waals surface area contributed by atoms with E-state index in [0.29, 0.717) is 0 Å². The van der Waals surface area contributed by atoms with Gasteiger partial charge in [0.2, 0.25) is 5.78 Å². The maximum absolute atomic E-state index is 13.4. The van der Waals surface area contributed by atoms with Gasteiger partial charge in [0.05, 0.1) is 6.10 Å². The number of ketones is 1. The van der Waals surface area contributed by atoms with Crippen molar-refractivity contribution < 1.29 is 59.2 Å². The molecule has 2 aliphatic heterocycles. The number of aliphatic hydroxyl groups is 2. The molecule has 0 amide bonds. The van der Waals surface area contributed by atoms with Gasteiger partial charge in [0.15, 0.2) is 36.1 Å². The Morgan fingerprint density at radius 2 is 1.69 bits per heavy atom. The lowest BCUT2D eigenvalue weighted by Gasteiger charge is -2.43. The second-order valence-corrected chi connectivity index (χ2v) is 8.31. The Hall–Kier alpha value is -3.58. The van der Waals surface area contributed by atoms with Gasteiger partial charge in [-0.15, -0.1) is 0 Å². The van der Waals surface area contributed by atoms with E-state index in [1.165, 1.54) is 13.0 Å². The number of aliphatic hydroxyl groups excluding tert-OH is 2. The Labute approximate surface area is 198 Å². The van der Waals surface area contributed by atoms with E-state index >= 15 is 0 Å². The number of hydrogen-bond donors (Lipinski definition) is 6. The first kappa shape index (κ1) is 24.5. The molecule has 12 nitrogen and oxygen atoms in total. The minimum atomic E-state index is -1.71. The monoisotopic (exact) mass is 492 g/mol. The number of carbonyl (C=O) groups is 2. The van der Waals surface area contributed by atoms with Crippen molar-refractivity contribution in [2.75, 3.05) is 0 Å². The number of phenols is 4. The maximum atomic E-state index is 13.4. The normalized spacial score (nSPS) is 30.3. The molecule has 1 fully saturated rings. The molecule has 35 heavy (non-hydrogen) atoms. The van der Waals surface area contributed by atoms with Crippen molar-refractivity contribution in [3.63, 3.8) is 0 Å². The maximum Gasteiger partial charge on any atom is 0.303 e. The van der Waals surface area contributed by atoms with Crippen LogP contribution in [0.3, 0.4) is 0 Å². The van der Waals surface area contributed by atoms with Crippen molar-refractivity contribution in [3.8, 4) is 28.7 Å². The molecule has 0 bridgehead atoms. The fraction of sp³-hybridized carbons (Fsp3) is 0.391. The third-order valence-electron chi connectivity index (χ3n) is 5.79. The van der Waals surface area contributed by atoms with Crippen LogP contribution in [0.2, 0.25) is 0 Å². The molecular weight excluding hydrogens is 468 g/mol. The predicted molar refractivity (Wildman–Crippen MR) is 114 cm³/mol. The summed E-state index contributed by atoms with van der Waals surface area (Å²) in [5.41, 5.74) is -0.135. The summed E-state index contributed by atoms with van der Waals surface area (Å²) in [7, 11) is 0. The molecule has 2 aromatic carbocycles. The Morgan fingerprint density at radius 3 is 2.34 bits per heavy atom. The van der Waals surface area contributed by atoms with Crippen LogP contribution in [0.4, 0.5) is 0 Å². The Bertz CT molecular complexity index is 1150. The number of phenolic OH excluding ortho intramolecular Hbond substituents is 4. The van der Waals surface area contributed by atoms with Gasteiger partial charge < -0.3 is 49.6 Å². The van der Waals surface area contributed by atoms with Crippen molar-refractivity contribution in [2.45, 2.75) is 56.8 Å². The van der Waals surface area contributed by atoms with Gasteiger partial charge in [0.25, 0.3) is 0 Å². The van der Waals surface area contributed by atoms with E-state index in [1.54, 1.807) is 0 Å². The topological polar surface area (TPSA) is 192 Å². The van der Waals surface area contributed by atoms with Gasteiger partial charge in [-0.3, -0.25) is 9.59 Å². The Morgan fingerprint density at radius 1 is 0.971 bits per heavy atom. The number of Topliss-reactive ketones (excluding diaryl/α,β-unsaturated/α-hetero) is 1. The van der Waals surface area contributed by atoms with Crippen LogP contribution in [0.1, 0.15) is 35.9 Å². The highest BCUT2D eigenvalue weighted by atomic mass is 16.7. The fourth-order valence-corrected chi connectivity index (χ4v) is 4.08. The van der Waals surface area contributed by atoms with E-state index in [-0.39, 0.29) is 22.6 Å². The third-order valence-corrected chi connectivity index (χ3v) is 5.79. The van der Waals surface area contributed by atoms with E-state index < -0.39 is 71.9 Å². The molecule has 2 aromatic rings. The summed E-state index contributed by atoms with van der Waals surface area (Å²) >= 11 is 0. The van der Waals surface area contributed by atoms with Crippen LogP contribution in [0.5, 0.6) is 28.7 Å². The van der Waals surface area contributed by atoms with Gasteiger partial charge >= 0.3 is 5.97 Å². The van der Waals surface area contributed by atoms with Crippen molar-refractivity contribution in [2.24, 2.45) is 0 Å². The average Bonchev–Trinajstić information content (AvgIpc) is 2.77. The number of rotatable bonds is 4. The Kier molecular flexibility index (Phi) is 6.47. The van der Waals surface area contributed by atoms with E-state index in [0.717, 1.165) is 31.2 Å². The van der Waals surface area contributed by atoms with Crippen molar-refractivity contribution in [1.82, 2.24) is 0 Å². The SMILES string of the molecule is CC(=O)O[C@@H]1[C@H](O)[C@@H](O[C@H]2C(=O)c3c(O)cc(O)cc3O[C@@H]2c2ccc(O)c(O)c2)O[C@H](C)[C@H]1O. The largest absolute Gasteiger partial charge is 0.508 e. The summed E-state index contributed by atoms with van der Waals surface area (Å²) < 4.78 is 22.2. The highest BCUT2D eigenvalue weighted by Crippen LogP contribution is 2.44. The minimum Gasteiger partial charge on any atom is -0.508 e. The predicted octanol–water partition coefficient (Wildman–Crippen LogP) is 0.609. The number of ether oxygens (including phenoxy) is 4. The molecule has 12 heteroatoms. The van der Waals surface area contributed by atoms with Gasteiger partial charge in [-0.2, -0.15) is 0 Å². The van der Waals surface area contributed by atoms with Crippen molar-refractivity contribution in [3.05, 3.63) is 41.5 Å². The molecule has 0 radical (unpaired) electrons. The fourth-order valence-electron chi connectivity index (χ4n) is 4.08. The molecule has 0 aromatic heterocycles. The van der Waals surface area contributed by atoms with E-state index in [1.807, 2.05) is 0 Å². The zero-order valence-corrected chi connectivity index (χ0v) is 18.6. The number of aromatic hydroxyl groups is 4. The lowest BCUT2D eigenvalue weighted by Crippen LogP contribution is -2.60. The smallest absolute Gasteiger partial charge is 0.303 e. The molecule has 6 N–H and O–H groups in total. The number of carbonyl (C=O) groups excluding carboxylic acids is 2. The van der Waals surface area contributed by atoms with Crippen molar-refractivity contribution in [1.29, 1.82) is 0 Å². The molecule has 7 atom stereocenters. The van der Waals surface area contributed by atoms with E-state index in [4.69, 9.17) is 18.9 Å². The van der Waals surface area contributed by atoms with Crippen LogP contribution in [0.15, 0.2) is 30.3 Å². The summed E-state index contributed by atoms with van der Waals surface area (Å²) in [4.78, 5) is 24.9. The first-order valence-corrected chi connectivity index (χ1v) is 10.6. The highest BCUT2D eigenvalue weighted by Gasteiger charge is 2.50. The average molecular weight is 492 g/mol. The molecule has 0 saturated carbocycles. The summed E-state index contributed by atoms with van der Waals surface area (Å²) in [5, 5.41) is 60.7. The molecule has 4 rings (SSSR count). The molecule has 0 unspecified atom stereocenters. The molecule has 2 heterocycles. The lowest BCUT2D eigenvalue weighted by molar-refractivity contribution is -0.306. The summed E-state index contributed by atoms with van der Waals surface area (Å²) in [5.74, 6) is -3.65. The zero-order valence-electron chi connectivity index (χ0n) is 18.6. The quantitative estimate of drug-likeness (QED) is 0.258. The molecule has 2 aliphatic rings. The first-order chi connectivity index (χ1) is 16.5. The number of fused-ring (bicyclic) bond motifs is 1. The molecular formula is C23H24O12. The van der Waals surface area contributed by atoms with Crippen LogP contribution in [-0.4, -0.2) is 79.2 Å². The second-order valence-electron chi connectivity index (χ2n) is 8.31. The molecule has 0 spiro atoms. The van der Waals surface area contributed by atoms with Crippen LogP contribution in [0, 0.1) is 0 Å². The minimum absolute atomic E-state index is 0.169. The summed E-state index contributed by atoms with van der Waals surface area (Å²) in [6, 6.07) is 5.68. The molecule has 0 aliphatic carbocycles. The third kappa shape index (κ3) is 4.56. The summed E-state index contributed by atoms with van der Waals surface area (Å²) in [6.07, 6.45) is -9.94. The standard InChI is InChI=1S/C23H24O12/c1-8-17(29)21(33-9(2)24)19(31)23(32-8)35-22-18(30)16-14(28)6-11(25)7-15(16)34-20(22)10-3-4-12(26)13(27)5-10/h3-8,17,19-23,25-29,31H,1-2H3/t8-,17-,19+,20-,21+,22+,23-/m1/s1. The van der Waals surface area contributed by atoms with Gasteiger partial charge in [0.1, 0.15) is 35.0 Å². The highest BCUT2D eigenvalue weighted by molar-refractivity contribution is 6.05. The lowest BCUT2D eigenvalue weighted by atomic mass is 9.92. The number of benzene rings is 2. The van der Waals surface area contributed by atoms with Gasteiger partial charge in [-0.25, -0.2) is 0 Å². The molecule has 188 valence electrons. The number of hydrogen-bond acceptors (Lipinski definition) is 12. The first-order valence-electron chi connectivity index (χ1n) is 10.6. The van der Waals surface area contributed by atoms with Crippen LogP contribution < -0.4 is 4.74 Å². The van der Waals surface area contributed by atoms with Gasteiger partial charge in [0, 0.05) is 19.1 Å².